The van der Waals surface area contributed by atoms with Crippen molar-refractivity contribution in [1.82, 2.24) is 5.32 Å². The molecule has 0 saturated carbocycles. The van der Waals surface area contributed by atoms with E-state index >= 15 is 0 Å². The molecule has 0 aliphatic carbocycles. The van der Waals surface area contributed by atoms with Gasteiger partial charge in [0.25, 0.3) is 0 Å². The van der Waals surface area contributed by atoms with Gasteiger partial charge in [-0.2, -0.15) is 0 Å². The van der Waals surface area contributed by atoms with Gasteiger partial charge in [-0.15, -0.1) is 0 Å². The van der Waals surface area contributed by atoms with Crippen molar-refractivity contribution in [2.75, 3.05) is 7.05 Å². The molecule has 106 valence electrons. The lowest BCUT2D eigenvalue weighted by atomic mass is 9.98. The van der Waals surface area contributed by atoms with Crippen LogP contribution in [0.25, 0.3) is 0 Å². The lowest BCUT2D eigenvalue weighted by Gasteiger charge is -2.19. The zero-order chi connectivity index (χ0) is 14.7. The maximum absolute atomic E-state index is 13.7. The minimum atomic E-state index is -0.576. The molecular weight excluding hydrogens is 348 g/mol. The van der Waals surface area contributed by atoms with Crippen molar-refractivity contribution in [3.05, 3.63) is 68.7 Å². The molecule has 2 aromatic carbocycles. The van der Waals surface area contributed by atoms with Crippen molar-refractivity contribution >= 4 is 27.5 Å². The van der Waals surface area contributed by atoms with Crippen molar-refractivity contribution in [2.24, 2.45) is 0 Å². The van der Waals surface area contributed by atoms with Crippen LogP contribution >= 0.6 is 27.5 Å². The summed E-state index contributed by atoms with van der Waals surface area (Å²) in [7, 11) is 1.78. The summed E-state index contributed by atoms with van der Waals surface area (Å²) in [5, 5.41) is 3.70. The monoisotopic (exact) mass is 359 g/mol. The minimum Gasteiger partial charge on any atom is -0.313 e. The van der Waals surface area contributed by atoms with Gasteiger partial charge >= 0.3 is 0 Å². The third-order valence-electron chi connectivity index (χ3n) is 3.14. The summed E-state index contributed by atoms with van der Waals surface area (Å²) in [6.07, 6.45) is 0.388. The molecule has 0 aliphatic rings. The molecule has 2 aromatic rings. The van der Waals surface area contributed by atoms with Gasteiger partial charge in [0.05, 0.1) is 5.02 Å². The third-order valence-corrected chi connectivity index (χ3v) is 4.46. The predicted molar refractivity (Wildman–Crippen MR) is 81.0 cm³/mol. The van der Waals surface area contributed by atoms with Crippen LogP contribution in [0.5, 0.6) is 0 Å². The second-order valence-electron chi connectivity index (χ2n) is 4.42. The van der Waals surface area contributed by atoms with Gasteiger partial charge in [-0.1, -0.05) is 29.8 Å². The van der Waals surface area contributed by atoms with Crippen LogP contribution in [0.2, 0.25) is 5.02 Å². The lowest BCUT2D eigenvalue weighted by molar-refractivity contribution is 0.541. The largest absolute Gasteiger partial charge is 0.313 e. The number of hydrogen-bond acceptors (Lipinski definition) is 1. The van der Waals surface area contributed by atoms with Crippen LogP contribution in [0.3, 0.4) is 0 Å². The molecule has 0 aliphatic heterocycles. The number of rotatable bonds is 4. The van der Waals surface area contributed by atoms with Crippen LogP contribution in [0.15, 0.2) is 40.9 Å². The van der Waals surface area contributed by atoms with Crippen LogP contribution in [0, 0.1) is 11.6 Å². The maximum atomic E-state index is 13.7. The van der Waals surface area contributed by atoms with E-state index in [1.54, 1.807) is 7.05 Å². The quantitative estimate of drug-likeness (QED) is 0.819. The molecule has 0 fully saturated rings. The van der Waals surface area contributed by atoms with E-state index in [4.69, 9.17) is 11.6 Å². The minimum absolute atomic E-state index is 0.153. The van der Waals surface area contributed by atoms with E-state index in [2.05, 4.69) is 21.2 Å². The molecule has 0 radical (unpaired) electrons. The molecule has 2 rings (SSSR count). The number of benzene rings is 2. The summed E-state index contributed by atoms with van der Waals surface area (Å²) in [4.78, 5) is 0. The average Bonchev–Trinajstić information content (AvgIpc) is 2.42. The molecule has 1 atom stereocenters. The second-order valence-corrected chi connectivity index (χ2v) is 5.66. The smallest absolute Gasteiger partial charge is 0.129 e. The topological polar surface area (TPSA) is 12.0 Å². The van der Waals surface area contributed by atoms with Crippen LogP contribution in [-0.2, 0) is 6.42 Å². The molecule has 0 bridgehead atoms. The van der Waals surface area contributed by atoms with E-state index in [0.717, 1.165) is 16.1 Å². The Morgan fingerprint density at radius 3 is 2.65 bits per heavy atom. The van der Waals surface area contributed by atoms with Crippen molar-refractivity contribution in [2.45, 2.75) is 12.5 Å². The third kappa shape index (κ3) is 3.37. The first-order valence-corrected chi connectivity index (χ1v) is 7.25. The molecule has 5 heteroatoms. The number of nitrogens with one attached hydrogen (secondary N) is 1. The van der Waals surface area contributed by atoms with Gasteiger partial charge in [-0.05, 0) is 52.7 Å². The highest BCUT2D eigenvalue weighted by Gasteiger charge is 2.17. The Morgan fingerprint density at radius 2 is 2.00 bits per heavy atom. The predicted octanol–water partition coefficient (Wildman–Crippen LogP) is 4.88. The highest BCUT2D eigenvalue weighted by atomic mass is 79.9. The fraction of sp³-hybridized carbons (Fsp3) is 0.200. The maximum Gasteiger partial charge on any atom is 0.129 e. The van der Waals surface area contributed by atoms with Gasteiger partial charge in [0.2, 0.25) is 0 Å². The first kappa shape index (κ1) is 15.4. The van der Waals surface area contributed by atoms with Crippen LogP contribution in [0.4, 0.5) is 8.78 Å². The summed E-state index contributed by atoms with van der Waals surface area (Å²) < 4.78 is 27.4. The van der Waals surface area contributed by atoms with Crippen molar-refractivity contribution in [1.29, 1.82) is 0 Å². The van der Waals surface area contributed by atoms with Gasteiger partial charge in [-0.25, -0.2) is 8.78 Å². The highest BCUT2D eigenvalue weighted by molar-refractivity contribution is 9.10. The van der Waals surface area contributed by atoms with E-state index in [-0.39, 0.29) is 6.04 Å². The van der Waals surface area contributed by atoms with Gasteiger partial charge in [0.15, 0.2) is 0 Å². The van der Waals surface area contributed by atoms with Crippen LogP contribution in [0.1, 0.15) is 17.2 Å². The van der Waals surface area contributed by atoms with Crippen molar-refractivity contribution < 1.29 is 8.78 Å². The Morgan fingerprint density at radius 1 is 1.25 bits per heavy atom. The normalized spacial score (nSPS) is 12.4. The van der Waals surface area contributed by atoms with E-state index in [0.29, 0.717) is 17.0 Å². The SMILES string of the molecule is CNC(Cc1ccc(F)cc1F)c1cccc(Br)c1Cl. The molecule has 0 saturated heterocycles. The number of hydrogen-bond donors (Lipinski definition) is 1. The Balaban J connectivity index is 2.31. The van der Waals surface area contributed by atoms with E-state index in [1.807, 2.05) is 18.2 Å². The molecule has 0 amide bonds. The summed E-state index contributed by atoms with van der Waals surface area (Å²) >= 11 is 9.63. The first-order valence-electron chi connectivity index (χ1n) is 6.08. The lowest BCUT2D eigenvalue weighted by Crippen LogP contribution is -2.20. The Bertz CT molecular complexity index is 619. The second kappa shape index (κ2) is 6.66. The fourth-order valence-corrected chi connectivity index (χ4v) is 2.70. The first-order chi connectivity index (χ1) is 9.52. The number of likely N-dealkylation sites (N-methyl/N-ethyl adjacent to an activating group) is 1. The van der Waals surface area contributed by atoms with Crippen LogP contribution < -0.4 is 5.32 Å². The molecule has 20 heavy (non-hydrogen) atoms. The summed E-state index contributed by atoms with van der Waals surface area (Å²) in [6.45, 7) is 0. The summed E-state index contributed by atoms with van der Waals surface area (Å²) in [5.74, 6) is -1.12. The Hall–Kier alpha value is -0.970. The molecule has 0 heterocycles. The molecule has 1 unspecified atom stereocenters. The van der Waals surface area contributed by atoms with Crippen LogP contribution in [-0.4, -0.2) is 7.05 Å². The average molecular weight is 361 g/mol. The highest BCUT2D eigenvalue weighted by Crippen LogP contribution is 2.32. The number of halogens is 4. The molecular formula is C15H13BrClF2N. The van der Waals surface area contributed by atoms with Gasteiger partial charge < -0.3 is 5.32 Å². The zero-order valence-corrected chi connectivity index (χ0v) is 13.1. The van der Waals surface area contributed by atoms with E-state index in [9.17, 15) is 8.78 Å². The van der Waals surface area contributed by atoms with Gasteiger partial charge in [-0.3, -0.25) is 0 Å². The fourth-order valence-electron chi connectivity index (χ4n) is 2.06. The molecule has 1 N–H and O–H groups in total. The van der Waals surface area contributed by atoms with Crippen molar-refractivity contribution in [3.63, 3.8) is 0 Å². The molecule has 0 spiro atoms. The molecule has 1 nitrogen and oxygen atoms in total. The van der Waals surface area contributed by atoms with Crippen molar-refractivity contribution in [3.8, 4) is 0 Å². The molecule has 0 aromatic heterocycles. The van der Waals surface area contributed by atoms with Gasteiger partial charge in [0, 0.05) is 16.6 Å². The Labute approximate surface area is 130 Å². The summed E-state index contributed by atoms with van der Waals surface area (Å²) in [5.41, 5.74) is 1.31. The standard InChI is InChI=1S/C15H13BrClF2N/c1-20-14(11-3-2-4-12(16)15(11)17)7-9-5-6-10(18)8-13(9)19/h2-6,8,14,20H,7H2,1H3. The van der Waals surface area contributed by atoms with E-state index < -0.39 is 11.6 Å². The summed E-state index contributed by atoms with van der Waals surface area (Å²) in [6, 6.07) is 9.06. The zero-order valence-electron chi connectivity index (χ0n) is 10.8. The Kier molecular flexibility index (Phi) is 5.13. The van der Waals surface area contributed by atoms with E-state index in [1.165, 1.54) is 12.1 Å². The van der Waals surface area contributed by atoms with Gasteiger partial charge in [0.1, 0.15) is 11.6 Å².